The van der Waals surface area contributed by atoms with Crippen molar-refractivity contribution in [3.63, 3.8) is 0 Å². The van der Waals surface area contributed by atoms with Gasteiger partial charge in [0, 0.05) is 24.4 Å². The standard InChI is InChI=1S/C19H20N2O7S2/c1-11(22)20-7-6-12-4-5-17(29-12)14(23)10-21-19(24)13-8-15(27-2)16(28-3)9-18(13)30(21,25)26/h4-5,8-9H,6-7,10H2,1-3H3,(H,20,22). The molecule has 0 saturated carbocycles. The molecule has 0 atom stereocenters. The number of methoxy groups -OCH3 is 2. The lowest BCUT2D eigenvalue weighted by Gasteiger charge is -2.13. The summed E-state index contributed by atoms with van der Waals surface area (Å²) in [6.45, 7) is 1.24. The van der Waals surface area contributed by atoms with E-state index in [0.717, 1.165) is 4.88 Å². The summed E-state index contributed by atoms with van der Waals surface area (Å²) in [7, 11) is -1.46. The zero-order chi connectivity index (χ0) is 22.1. The highest BCUT2D eigenvalue weighted by atomic mass is 32.2. The van der Waals surface area contributed by atoms with E-state index in [1.54, 1.807) is 12.1 Å². The summed E-state index contributed by atoms with van der Waals surface area (Å²) in [5, 5.41) is 2.67. The minimum absolute atomic E-state index is 0.0670. The topological polar surface area (TPSA) is 119 Å². The number of thiophene rings is 1. The van der Waals surface area contributed by atoms with Crippen LogP contribution in [0.5, 0.6) is 11.5 Å². The molecule has 1 aliphatic heterocycles. The quantitative estimate of drug-likeness (QED) is 0.603. The predicted octanol–water partition coefficient (Wildman–Crippen LogP) is 1.47. The van der Waals surface area contributed by atoms with Crippen LogP contribution in [0.4, 0.5) is 0 Å². The largest absolute Gasteiger partial charge is 0.493 e. The lowest BCUT2D eigenvalue weighted by molar-refractivity contribution is -0.118. The molecule has 1 aromatic heterocycles. The number of fused-ring (bicyclic) bond motifs is 1. The number of hydrogen-bond acceptors (Lipinski definition) is 8. The smallest absolute Gasteiger partial charge is 0.269 e. The van der Waals surface area contributed by atoms with Crippen LogP contribution in [0.15, 0.2) is 29.2 Å². The van der Waals surface area contributed by atoms with Gasteiger partial charge >= 0.3 is 0 Å². The number of nitrogens with one attached hydrogen (secondary N) is 1. The van der Waals surface area contributed by atoms with Gasteiger partial charge < -0.3 is 14.8 Å². The average molecular weight is 453 g/mol. The molecule has 0 unspecified atom stereocenters. The molecule has 1 N–H and O–H groups in total. The fourth-order valence-corrected chi connectivity index (χ4v) is 5.45. The number of hydrogen-bond donors (Lipinski definition) is 1. The second-order valence-electron chi connectivity index (χ2n) is 6.44. The molecular formula is C19H20N2O7S2. The van der Waals surface area contributed by atoms with Crippen molar-refractivity contribution < 1.29 is 32.3 Å². The number of carbonyl (C=O) groups excluding carboxylic acids is 3. The van der Waals surface area contributed by atoms with Gasteiger partial charge in [-0.15, -0.1) is 11.3 Å². The second-order valence-corrected chi connectivity index (χ2v) is 9.44. The van der Waals surface area contributed by atoms with E-state index in [9.17, 15) is 22.8 Å². The first-order valence-electron chi connectivity index (χ1n) is 8.88. The molecular weight excluding hydrogens is 432 g/mol. The predicted molar refractivity (Wildman–Crippen MR) is 109 cm³/mol. The van der Waals surface area contributed by atoms with Crippen LogP contribution >= 0.6 is 11.3 Å². The maximum absolute atomic E-state index is 12.9. The van der Waals surface area contributed by atoms with Gasteiger partial charge in [0.05, 0.1) is 24.7 Å². The highest BCUT2D eigenvalue weighted by molar-refractivity contribution is 7.90. The van der Waals surface area contributed by atoms with E-state index in [-0.39, 0.29) is 27.9 Å². The lowest BCUT2D eigenvalue weighted by atomic mass is 10.2. The van der Waals surface area contributed by atoms with Crippen LogP contribution < -0.4 is 14.8 Å². The molecule has 160 valence electrons. The number of ether oxygens (including phenoxy) is 2. The van der Waals surface area contributed by atoms with Gasteiger partial charge in [-0.05, 0) is 24.6 Å². The van der Waals surface area contributed by atoms with Crippen LogP contribution in [0.1, 0.15) is 31.8 Å². The van der Waals surface area contributed by atoms with Crippen molar-refractivity contribution in [3.8, 4) is 11.5 Å². The molecule has 1 aromatic carbocycles. The molecule has 30 heavy (non-hydrogen) atoms. The zero-order valence-corrected chi connectivity index (χ0v) is 18.2. The van der Waals surface area contributed by atoms with Gasteiger partial charge in [0.15, 0.2) is 17.3 Å². The molecule has 0 saturated heterocycles. The van der Waals surface area contributed by atoms with E-state index in [1.807, 2.05) is 0 Å². The third-order valence-electron chi connectivity index (χ3n) is 4.48. The first kappa shape index (κ1) is 21.8. The lowest BCUT2D eigenvalue weighted by Crippen LogP contribution is -2.34. The van der Waals surface area contributed by atoms with Gasteiger partial charge in [-0.2, -0.15) is 0 Å². The Labute approximate surface area is 177 Å². The fraction of sp³-hybridized carbons (Fsp3) is 0.316. The Morgan fingerprint density at radius 3 is 2.43 bits per heavy atom. The van der Waals surface area contributed by atoms with Crippen molar-refractivity contribution in [1.29, 1.82) is 0 Å². The van der Waals surface area contributed by atoms with Gasteiger partial charge in [-0.25, -0.2) is 12.7 Å². The fourth-order valence-electron chi connectivity index (χ4n) is 2.99. The Kier molecular flexibility index (Phi) is 6.13. The minimum Gasteiger partial charge on any atom is -0.493 e. The molecule has 9 nitrogen and oxygen atoms in total. The van der Waals surface area contributed by atoms with Crippen molar-refractivity contribution in [1.82, 2.24) is 9.62 Å². The Morgan fingerprint density at radius 2 is 1.80 bits per heavy atom. The summed E-state index contributed by atoms with van der Waals surface area (Å²) in [4.78, 5) is 37.3. The van der Waals surface area contributed by atoms with Gasteiger partial charge in [0.2, 0.25) is 5.91 Å². The minimum atomic E-state index is -4.19. The van der Waals surface area contributed by atoms with E-state index in [4.69, 9.17) is 9.47 Å². The van der Waals surface area contributed by atoms with Crippen LogP contribution in [0, 0.1) is 0 Å². The Hall–Kier alpha value is -2.92. The SMILES string of the molecule is COc1cc2c(cc1OC)S(=O)(=O)N(CC(=O)c1ccc(CCNC(C)=O)s1)C2=O. The van der Waals surface area contributed by atoms with Crippen LogP contribution in [0.2, 0.25) is 0 Å². The highest BCUT2D eigenvalue weighted by Crippen LogP contribution is 2.39. The normalized spacial score (nSPS) is 14.4. The maximum Gasteiger partial charge on any atom is 0.269 e. The number of benzene rings is 1. The van der Waals surface area contributed by atoms with Crippen molar-refractivity contribution in [2.24, 2.45) is 0 Å². The molecule has 0 spiro atoms. The summed E-state index contributed by atoms with van der Waals surface area (Å²) >= 11 is 1.20. The van der Waals surface area contributed by atoms with Crippen LogP contribution in [-0.2, 0) is 21.2 Å². The van der Waals surface area contributed by atoms with E-state index in [1.165, 1.54) is 44.6 Å². The summed E-state index contributed by atoms with van der Waals surface area (Å²) < 4.78 is 36.5. The van der Waals surface area contributed by atoms with Crippen LogP contribution in [0.3, 0.4) is 0 Å². The van der Waals surface area contributed by atoms with Crippen molar-refractivity contribution in [2.45, 2.75) is 18.2 Å². The van der Waals surface area contributed by atoms with Gasteiger partial charge in [0.25, 0.3) is 15.9 Å². The first-order valence-corrected chi connectivity index (χ1v) is 11.1. The molecule has 11 heteroatoms. The Bertz CT molecular complexity index is 1120. The number of Topliss-reactive ketones (excluding diaryl/α,β-unsaturated/α-hetero) is 1. The molecule has 3 rings (SSSR count). The van der Waals surface area contributed by atoms with Crippen molar-refractivity contribution >= 4 is 39.0 Å². The van der Waals surface area contributed by atoms with E-state index in [2.05, 4.69) is 5.32 Å². The molecule has 2 heterocycles. The summed E-state index contributed by atoms with van der Waals surface area (Å²) in [5.74, 6) is -1.04. The third-order valence-corrected chi connectivity index (χ3v) is 7.43. The van der Waals surface area contributed by atoms with E-state index >= 15 is 0 Å². The summed E-state index contributed by atoms with van der Waals surface area (Å²) in [6, 6.07) is 5.84. The molecule has 0 radical (unpaired) electrons. The van der Waals surface area contributed by atoms with Crippen LogP contribution in [-0.4, -0.2) is 57.6 Å². The number of amides is 2. The highest BCUT2D eigenvalue weighted by Gasteiger charge is 2.43. The number of sulfonamides is 1. The van der Waals surface area contributed by atoms with Gasteiger partial charge in [-0.1, -0.05) is 0 Å². The maximum atomic E-state index is 12.9. The molecule has 0 bridgehead atoms. The summed E-state index contributed by atoms with van der Waals surface area (Å²) in [6.07, 6.45) is 0.545. The number of rotatable bonds is 8. The molecule has 2 amide bonds. The molecule has 2 aromatic rings. The average Bonchev–Trinajstić information content (AvgIpc) is 3.24. The third kappa shape index (κ3) is 4.03. The summed E-state index contributed by atoms with van der Waals surface area (Å²) in [5.41, 5.74) is -0.0670. The van der Waals surface area contributed by atoms with Crippen molar-refractivity contribution in [2.75, 3.05) is 27.3 Å². The van der Waals surface area contributed by atoms with Gasteiger partial charge in [-0.3, -0.25) is 14.4 Å². The van der Waals surface area contributed by atoms with E-state index < -0.39 is 28.3 Å². The monoisotopic (exact) mass is 452 g/mol. The van der Waals surface area contributed by atoms with E-state index in [0.29, 0.717) is 22.1 Å². The van der Waals surface area contributed by atoms with Crippen molar-refractivity contribution in [3.05, 3.63) is 39.6 Å². The number of nitrogens with zero attached hydrogens (tertiary/aromatic N) is 1. The molecule has 0 aliphatic carbocycles. The Balaban J connectivity index is 1.80. The van der Waals surface area contributed by atoms with Gasteiger partial charge in [0.1, 0.15) is 11.4 Å². The number of ketones is 1. The molecule has 1 aliphatic rings. The number of carbonyl (C=O) groups is 3. The Morgan fingerprint density at radius 1 is 1.13 bits per heavy atom. The van der Waals surface area contributed by atoms with Crippen LogP contribution in [0.25, 0.3) is 0 Å². The second kappa shape index (κ2) is 8.44. The first-order chi connectivity index (χ1) is 14.2. The zero-order valence-electron chi connectivity index (χ0n) is 16.6. The molecule has 0 fully saturated rings.